The molecule has 0 saturated heterocycles. The number of thiazole rings is 1. The van der Waals surface area contributed by atoms with Crippen LogP contribution in [0.15, 0.2) is 41.9 Å². The maximum absolute atomic E-state index is 14.4. The smallest absolute Gasteiger partial charge is 0.310 e. The summed E-state index contributed by atoms with van der Waals surface area (Å²) in [5, 5.41) is 15.5. The maximum Gasteiger partial charge on any atom is 0.310 e. The Kier molecular flexibility index (Phi) is 7.92. The SMILES string of the molecule is Cl.O=C(O)C1(Cc2cc(Oc3cccc(Cl)c3F)cc(Nc3nccs3)n2)CCCCC1. The van der Waals surface area contributed by atoms with Crippen LogP contribution in [0.1, 0.15) is 37.8 Å². The largest absolute Gasteiger partial charge is 0.481 e. The van der Waals surface area contributed by atoms with Gasteiger partial charge in [-0.25, -0.2) is 14.4 Å². The number of anilines is 2. The molecular formula is C22H22Cl2FN3O3S. The number of carboxylic acids is 1. The number of nitrogens with one attached hydrogen (secondary N) is 1. The number of benzene rings is 1. The summed E-state index contributed by atoms with van der Waals surface area (Å²) in [4.78, 5) is 20.9. The second-order valence-electron chi connectivity index (χ2n) is 7.62. The van der Waals surface area contributed by atoms with E-state index in [1.165, 1.54) is 23.5 Å². The van der Waals surface area contributed by atoms with Gasteiger partial charge in [0.1, 0.15) is 11.6 Å². The first kappa shape index (κ1) is 24.2. The fraction of sp³-hybridized carbons (Fsp3) is 0.318. The number of halogens is 3. The summed E-state index contributed by atoms with van der Waals surface area (Å²) in [6.45, 7) is 0. The second kappa shape index (κ2) is 10.5. The van der Waals surface area contributed by atoms with E-state index in [4.69, 9.17) is 16.3 Å². The molecule has 0 aliphatic heterocycles. The lowest BCUT2D eigenvalue weighted by atomic mass is 9.71. The van der Waals surface area contributed by atoms with Crippen molar-refractivity contribution in [2.45, 2.75) is 38.5 Å². The number of carboxylic acid groups (broad SMARTS) is 1. The van der Waals surface area contributed by atoms with Gasteiger partial charge in [-0.15, -0.1) is 23.7 Å². The second-order valence-corrected chi connectivity index (χ2v) is 8.92. The fourth-order valence-corrected chi connectivity index (χ4v) is 4.60. The predicted octanol–water partition coefficient (Wildman–Crippen LogP) is 6.87. The first-order chi connectivity index (χ1) is 14.9. The molecule has 3 aromatic rings. The van der Waals surface area contributed by atoms with Gasteiger partial charge in [0.25, 0.3) is 0 Å². The van der Waals surface area contributed by atoms with E-state index in [0.29, 0.717) is 35.2 Å². The lowest BCUT2D eigenvalue weighted by Crippen LogP contribution is -2.35. The molecule has 6 nitrogen and oxygen atoms in total. The average Bonchev–Trinajstić information content (AvgIpc) is 3.25. The van der Waals surface area contributed by atoms with Crippen molar-refractivity contribution in [3.63, 3.8) is 0 Å². The third-order valence-electron chi connectivity index (χ3n) is 5.45. The molecule has 0 spiro atoms. The molecule has 0 radical (unpaired) electrons. The minimum Gasteiger partial charge on any atom is -0.481 e. The molecule has 4 rings (SSSR count). The minimum absolute atomic E-state index is 0. The minimum atomic E-state index is -0.858. The van der Waals surface area contributed by atoms with Crippen LogP contribution in [-0.2, 0) is 11.2 Å². The number of carbonyl (C=O) groups is 1. The highest BCUT2D eigenvalue weighted by molar-refractivity contribution is 7.13. The number of aliphatic carboxylic acids is 1. The Hall–Kier alpha value is -2.42. The van der Waals surface area contributed by atoms with Crippen LogP contribution in [0, 0.1) is 11.2 Å². The average molecular weight is 498 g/mol. The van der Waals surface area contributed by atoms with Gasteiger partial charge < -0.3 is 15.2 Å². The number of hydrogen-bond acceptors (Lipinski definition) is 6. The normalized spacial score (nSPS) is 14.9. The van der Waals surface area contributed by atoms with Gasteiger partial charge in [-0.05, 0) is 25.0 Å². The van der Waals surface area contributed by atoms with Crippen LogP contribution in [0.2, 0.25) is 5.02 Å². The zero-order chi connectivity index (χ0) is 21.8. The monoisotopic (exact) mass is 497 g/mol. The Balaban J connectivity index is 0.00000289. The highest BCUT2D eigenvalue weighted by Crippen LogP contribution is 2.40. The van der Waals surface area contributed by atoms with Gasteiger partial charge in [0.2, 0.25) is 0 Å². The van der Waals surface area contributed by atoms with Crippen LogP contribution < -0.4 is 10.1 Å². The zero-order valence-electron chi connectivity index (χ0n) is 17.0. The molecule has 1 aliphatic rings. The molecule has 1 aliphatic carbocycles. The van der Waals surface area contributed by atoms with E-state index in [0.717, 1.165) is 19.3 Å². The van der Waals surface area contributed by atoms with Crippen LogP contribution in [-0.4, -0.2) is 21.0 Å². The lowest BCUT2D eigenvalue weighted by Gasteiger charge is -2.33. The third-order valence-corrected chi connectivity index (χ3v) is 6.43. The molecule has 0 unspecified atom stereocenters. The van der Waals surface area contributed by atoms with Gasteiger partial charge >= 0.3 is 5.97 Å². The molecule has 2 heterocycles. The van der Waals surface area contributed by atoms with Crippen LogP contribution in [0.4, 0.5) is 15.3 Å². The van der Waals surface area contributed by atoms with Gasteiger partial charge in [0, 0.05) is 35.8 Å². The van der Waals surface area contributed by atoms with E-state index < -0.39 is 17.2 Å². The Morgan fingerprint density at radius 1 is 1.28 bits per heavy atom. The molecule has 1 fully saturated rings. The summed E-state index contributed by atoms with van der Waals surface area (Å²) in [5.41, 5.74) is -0.299. The van der Waals surface area contributed by atoms with Crippen molar-refractivity contribution >= 4 is 52.3 Å². The van der Waals surface area contributed by atoms with E-state index in [-0.39, 0.29) is 29.6 Å². The lowest BCUT2D eigenvalue weighted by molar-refractivity contribution is -0.151. The molecule has 1 aromatic carbocycles. The van der Waals surface area contributed by atoms with Crippen molar-refractivity contribution in [1.29, 1.82) is 0 Å². The van der Waals surface area contributed by atoms with E-state index in [2.05, 4.69) is 15.3 Å². The summed E-state index contributed by atoms with van der Waals surface area (Å²) >= 11 is 7.27. The number of nitrogens with zero attached hydrogens (tertiary/aromatic N) is 2. The van der Waals surface area contributed by atoms with E-state index >= 15 is 0 Å². The van der Waals surface area contributed by atoms with Crippen LogP contribution in [0.25, 0.3) is 0 Å². The zero-order valence-corrected chi connectivity index (χ0v) is 19.4. The quantitative estimate of drug-likeness (QED) is 0.370. The van der Waals surface area contributed by atoms with Crippen LogP contribution in [0.3, 0.4) is 0 Å². The van der Waals surface area contributed by atoms with Crippen molar-refractivity contribution in [3.05, 3.63) is 58.4 Å². The molecule has 2 N–H and O–H groups in total. The summed E-state index contributed by atoms with van der Waals surface area (Å²) in [7, 11) is 0. The fourth-order valence-electron chi connectivity index (χ4n) is 3.90. The summed E-state index contributed by atoms with van der Waals surface area (Å²) in [6, 6.07) is 7.80. The highest BCUT2D eigenvalue weighted by atomic mass is 35.5. The number of pyridine rings is 1. The van der Waals surface area contributed by atoms with Crippen molar-refractivity contribution in [3.8, 4) is 11.5 Å². The number of aromatic nitrogens is 2. The first-order valence-corrected chi connectivity index (χ1v) is 11.2. The van der Waals surface area contributed by atoms with Crippen LogP contribution in [0.5, 0.6) is 11.5 Å². The molecule has 2 aromatic heterocycles. The van der Waals surface area contributed by atoms with Crippen molar-refractivity contribution in [2.75, 3.05) is 5.32 Å². The van der Waals surface area contributed by atoms with E-state index in [1.807, 2.05) is 5.38 Å². The molecular weight excluding hydrogens is 476 g/mol. The molecule has 0 amide bonds. The van der Waals surface area contributed by atoms with Gasteiger partial charge in [-0.2, -0.15) is 0 Å². The summed E-state index contributed by atoms with van der Waals surface area (Å²) in [6.07, 6.45) is 5.93. The highest BCUT2D eigenvalue weighted by Gasteiger charge is 2.40. The van der Waals surface area contributed by atoms with Gasteiger partial charge in [-0.3, -0.25) is 4.79 Å². The molecule has 0 bridgehead atoms. The summed E-state index contributed by atoms with van der Waals surface area (Å²) < 4.78 is 20.1. The Morgan fingerprint density at radius 2 is 2.06 bits per heavy atom. The molecule has 10 heteroatoms. The number of rotatable bonds is 7. The maximum atomic E-state index is 14.4. The molecule has 1 saturated carbocycles. The first-order valence-electron chi connectivity index (χ1n) is 9.98. The molecule has 32 heavy (non-hydrogen) atoms. The van der Waals surface area contributed by atoms with Crippen LogP contribution >= 0.6 is 35.3 Å². The Bertz CT molecular complexity index is 1080. The summed E-state index contributed by atoms with van der Waals surface area (Å²) in [5.74, 6) is -0.708. The predicted molar refractivity (Wildman–Crippen MR) is 125 cm³/mol. The van der Waals surface area contributed by atoms with Gasteiger partial charge in [0.15, 0.2) is 16.7 Å². The van der Waals surface area contributed by atoms with Crippen molar-refractivity contribution in [2.24, 2.45) is 5.41 Å². The van der Waals surface area contributed by atoms with Crippen molar-refractivity contribution < 1.29 is 19.0 Å². The van der Waals surface area contributed by atoms with E-state index in [1.54, 1.807) is 24.4 Å². The number of ether oxygens (including phenoxy) is 1. The Labute approximate surface area is 200 Å². The number of hydrogen-bond donors (Lipinski definition) is 2. The van der Waals surface area contributed by atoms with Gasteiger partial charge in [0.05, 0.1) is 10.4 Å². The van der Waals surface area contributed by atoms with E-state index in [9.17, 15) is 14.3 Å². The standard InChI is InChI=1S/C22H21ClFN3O3S.ClH/c23-16-5-4-6-17(19(16)24)30-15-11-14(13-22(20(28)29)7-2-1-3-8-22)26-18(12-15)27-21-25-9-10-31-21;/h4-6,9-12H,1-3,7-8,13H2,(H,28,29)(H,25,26,27);1H. The topological polar surface area (TPSA) is 84.3 Å². The Morgan fingerprint density at radius 3 is 2.75 bits per heavy atom. The molecule has 0 atom stereocenters. The third kappa shape index (κ3) is 5.49. The van der Waals surface area contributed by atoms with Crippen molar-refractivity contribution in [1.82, 2.24) is 9.97 Å². The van der Waals surface area contributed by atoms with Gasteiger partial charge in [-0.1, -0.05) is 36.9 Å². The molecule has 170 valence electrons.